The number of amides is 1. The van der Waals surface area contributed by atoms with Gasteiger partial charge >= 0.3 is 5.69 Å². The summed E-state index contributed by atoms with van der Waals surface area (Å²) in [6.45, 7) is 5.79. The molecule has 2 N–H and O–H groups in total. The lowest BCUT2D eigenvalue weighted by Crippen LogP contribution is -2.39. The highest BCUT2D eigenvalue weighted by atomic mass is 16.5. The SMILES string of the molecule is CCN(CCN(C)C)C(=O)COc1ccc(-c2cc(-c3ccc(O)c(C)c3)nc(=O)[nH]2)cc1. The van der Waals surface area contributed by atoms with Crippen molar-refractivity contribution >= 4 is 5.91 Å². The van der Waals surface area contributed by atoms with Gasteiger partial charge < -0.3 is 24.6 Å². The molecule has 8 heteroatoms. The lowest BCUT2D eigenvalue weighted by Gasteiger charge is -2.22. The summed E-state index contributed by atoms with van der Waals surface area (Å²) in [4.78, 5) is 35.2. The molecule has 3 aromatic rings. The Morgan fingerprint density at radius 3 is 2.39 bits per heavy atom. The van der Waals surface area contributed by atoms with Gasteiger partial charge in [-0.15, -0.1) is 0 Å². The molecule has 0 fully saturated rings. The van der Waals surface area contributed by atoms with E-state index in [4.69, 9.17) is 4.74 Å². The number of ether oxygens (including phenoxy) is 1. The standard InChI is InChI=1S/C25H30N4O4/c1-5-29(13-12-28(3)4)24(31)16-33-20-9-6-18(7-10-20)21-15-22(27-25(32)26-21)19-8-11-23(30)17(2)14-19/h6-11,14-15,30H,5,12-13,16H2,1-4H3,(H,26,27,32). The van der Waals surface area contributed by atoms with E-state index in [-0.39, 0.29) is 18.3 Å². The number of carbonyl (C=O) groups excluding carboxylic acids is 1. The average molecular weight is 451 g/mol. The largest absolute Gasteiger partial charge is 0.508 e. The van der Waals surface area contributed by atoms with Crippen LogP contribution >= 0.6 is 0 Å². The van der Waals surface area contributed by atoms with E-state index in [0.29, 0.717) is 35.8 Å². The molecule has 3 rings (SSSR count). The molecule has 0 radical (unpaired) electrons. The maximum atomic E-state index is 12.4. The second-order valence-electron chi connectivity index (χ2n) is 8.08. The third-order valence-electron chi connectivity index (χ3n) is 5.32. The van der Waals surface area contributed by atoms with Crippen LogP contribution in [0.1, 0.15) is 12.5 Å². The topological polar surface area (TPSA) is 98.8 Å². The Morgan fingerprint density at radius 2 is 1.76 bits per heavy atom. The van der Waals surface area contributed by atoms with Crippen LogP contribution in [0, 0.1) is 6.92 Å². The molecule has 2 aromatic carbocycles. The van der Waals surface area contributed by atoms with Crippen LogP contribution in [0.4, 0.5) is 0 Å². The van der Waals surface area contributed by atoms with Gasteiger partial charge in [-0.1, -0.05) is 0 Å². The van der Waals surface area contributed by atoms with Crippen LogP contribution in [0.5, 0.6) is 11.5 Å². The van der Waals surface area contributed by atoms with E-state index in [1.165, 1.54) is 0 Å². The Labute approximate surface area is 193 Å². The predicted octanol–water partition coefficient (Wildman–Crippen LogP) is 2.91. The monoisotopic (exact) mass is 450 g/mol. The summed E-state index contributed by atoms with van der Waals surface area (Å²) >= 11 is 0. The van der Waals surface area contributed by atoms with Crippen molar-refractivity contribution in [2.45, 2.75) is 13.8 Å². The number of aromatic hydroxyl groups is 1. The molecule has 0 bridgehead atoms. The molecule has 1 heterocycles. The minimum Gasteiger partial charge on any atom is -0.508 e. The number of carbonyl (C=O) groups is 1. The lowest BCUT2D eigenvalue weighted by molar-refractivity contribution is -0.133. The minimum absolute atomic E-state index is 0.0307. The van der Waals surface area contributed by atoms with Crippen LogP contribution in [0.15, 0.2) is 53.3 Å². The van der Waals surface area contributed by atoms with Crippen LogP contribution in [0.25, 0.3) is 22.5 Å². The van der Waals surface area contributed by atoms with Crippen molar-refractivity contribution < 1.29 is 14.6 Å². The summed E-state index contributed by atoms with van der Waals surface area (Å²) < 4.78 is 5.68. The first-order valence-electron chi connectivity index (χ1n) is 10.8. The molecule has 0 aliphatic rings. The van der Waals surface area contributed by atoms with Crippen molar-refractivity contribution in [2.75, 3.05) is 40.3 Å². The van der Waals surface area contributed by atoms with E-state index in [1.807, 2.05) is 38.1 Å². The zero-order valence-electron chi connectivity index (χ0n) is 19.5. The molecule has 0 atom stereocenters. The lowest BCUT2D eigenvalue weighted by atomic mass is 10.1. The Bertz CT molecular complexity index is 1160. The van der Waals surface area contributed by atoms with Gasteiger partial charge in [0, 0.05) is 25.2 Å². The first kappa shape index (κ1) is 24.0. The highest BCUT2D eigenvalue weighted by Crippen LogP contribution is 2.26. The number of phenolic OH excluding ortho intramolecular Hbond substituents is 1. The molecule has 0 unspecified atom stereocenters. The zero-order valence-corrected chi connectivity index (χ0v) is 19.5. The fraction of sp³-hybridized carbons (Fsp3) is 0.320. The Hall–Kier alpha value is -3.65. The normalized spacial score (nSPS) is 10.9. The summed E-state index contributed by atoms with van der Waals surface area (Å²) in [5.41, 5.74) is 2.89. The number of aromatic nitrogens is 2. The van der Waals surface area contributed by atoms with Crippen LogP contribution in [0.3, 0.4) is 0 Å². The number of aromatic amines is 1. The van der Waals surface area contributed by atoms with E-state index < -0.39 is 5.69 Å². The van der Waals surface area contributed by atoms with Crippen molar-refractivity contribution in [3.8, 4) is 34.0 Å². The fourth-order valence-electron chi connectivity index (χ4n) is 3.32. The quantitative estimate of drug-likeness (QED) is 0.520. The number of hydrogen-bond donors (Lipinski definition) is 2. The third kappa shape index (κ3) is 6.43. The van der Waals surface area contributed by atoms with E-state index in [1.54, 1.807) is 48.2 Å². The first-order valence-corrected chi connectivity index (χ1v) is 10.8. The molecule has 0 aliphatic heterocycles. The average Bonchev–Trinajstić information content (AvgIpc) is 2.79. The smallest absolute Gasteiger partial charge is 0.345 e. The van der Waals surface area contributed by atoms with E-state index in [0.717, 1.165) is 17.7 Å². The summed E-state index contributed by atoms with van der Waals surface area (Å²) in [7, 11) is 3.95. The van der Waals surface area contributed by atoms with Gasteiger partial charge in [-0.05, 0) is 87.6 Å². The van der Waals surface area contributed by atoms with Gasteiger partial charge in [0.15, 0.2) is 6.61 Å². The second kappa shape index (κ2) is 10.8. The van der Waals surface area contributed by atoms with Crippen LogP contribution in [-0.2, 0) is 4.79 Å². The van der Waals surface area contributed by atoms with Gasteiger partial charge in [0.25, 0.3) is 5.91 Å². The van der Waals surface area contributed by atoms with Crippen LogP contribution in [0.2, 0.25) is 0 Å². The van der Waals surface area contributed by atoms with Crippen molar-refractivity contribution in [3.05, 3.63) is 64.6 Å². The molecule has 174 valence electrons. The number of nitrogens with zero attached hydrogens (tertiary/aromatic N) is 3. The molecular formula is C25H30N4O4. The predicted molar refractivity (Wildman–Crippen MR) is 128 cm³/mol. The number of nitrogens with one attached hydrogen (secondary N) is 1. The van der Waals surface area contributed by atoms with Gasteiger partial charge in [0.1, 0.15) is 11.5 Å². The van der Waals surface area contributed by atoms with E-state index in [9.17, 15) is 14.7 Å². The van der Waals surface area contributed by atoms with E-state index >= 15 is 0 Å². The van der Waals surface area contributed by atoms with Gasteiger partial charge in [0.05, 0.1) is 11.4 Å². The van der Waals surface area contributed by atoms with Crippen LogP contribution in [-0.4, -0.2) is 71.1 Å². The Morgan fingerprint density at radius 1 is 1.06 bits per heavy atom. The van der Waals surface area contributed by atoms with Gasteiger partial charge in [0.2, 0.25) is 0 Å². The highest BCUT2D eigenvalue weighted by Gasteiger charge is 2.13. The van der Waals surface area contributed by atoms with Crippen molar-refractivity contribution in [3.63, 3.8) is 0 Å². The van der Waals surface area contributed by atoms with Crippen molar-refractivity contribution in [1.82, 2.24) is 19.8 Å². The maximum Gasteiger partial charge on any atom is 0.345 e. The number of aryl methyl sites for hydroxylation is 1. The second-order valence-corrected chi connectivity index (χ2v) is 8.08. The molecule has 1 amide bonds. The fourth-order valence-corrected chi connectivity index (χ4v) is 3.32. The molecule has 33 heavy (non-hydrogen) atoms. The summed E-state index contributed by atoms with van der Waals surface area (Å²) in [5.74, 6) is 0.704. The van der Waals surface area contributed by atoms with E-state index in [2.05, 4.69) is 9.97 Å². The zero-order chi connectivity index (χ0) is 24.0. The first-order chi connectivity index (χ1) is 15.8. The molecule has 0 saturated carbocycles. The van der Waals surface area contributed by atoms with Crippen molar-refractivity contribution in [2.24, 2.45) is 0 Å². The van der Waals surface area contributed by atoms with Crippen LogP contribution < -0.4 is 10.4 Å². The molecule has 0 saturated heterocycles. The minimum atomic E-state index is -0.462. The Balaban J connectivity index is 1.71. The van der Waals surface area contributed by atoms with Gasteiger partial charge in [-0.25, -0.2) is 4.79 Å². The number of hydrogen-bond acceptors (Lipinski definition) is 6. The molecular weight excluding hydrogens is 420 g/mol. The third-order valence-corrected chi connectivity index (χ3v) is 5.32. The Kier molecular flexibility index (Phi) is 7.84. The number of H-pyrrole nitrogens is 1. The summed E-state index contributed by atoms with van der Waals surface area (Å²) in [5, 5.41) is 9.75. The van der Waals surface area contributed by atoms with Gasteiger partial charge in [-0.2, -0.15) is 4.98 Å². The maximum absolute atomic E-state index is 12.4. The summed E-state index contributed by atoms with van der Waals surface area (Å²) in [6.07, 6.45) is 0. The number of phenols is 1. The number of rotatable bonds is 9. The molecule has 1 aromatic heterocycles. The van der Waals surface area contributed by atoms with Gasteiger partial charge in [-0.3, -0.25) is 4.79 Å². The summed E-state index contributed by atoms with van der Waals surface area (Å²) in [6, 6.07) is 14.1. The molecule has 0 aliphatic carbocycles. The number of benzene rings is 2. The van der Waals surface area contributed by atoms with Crippen molar-refractivity contribution in [1.29, 1.82) is 0 Å². The highest BCUT2D eigenvalue weighted by molar-refractivity contribution is 5.77. The molecule has 8 nitrogen and oxygen atoms in total. The number of likely N-dealkylation sites (N-methyl/N-ethyl adjacent to an activating group) is 2. The molecule has 0 spiro atoms.